The standard InChI is InChI=1S/C24H24ClN3O4S/c1-2-28(17-18-8-4-3-5-9-18)23(29)16-26-24(30)21-10-6-7-11-22(21)27-33(31,32)20-14-12-19(25)13-15-20/h3-15,27H,2,16-17H2,1H3,(H,26,30). The summed E-state index contributed by atoms with van der Waals surface area (Å²) in [5.74, 6) is -0.803. The fraction of sp³-hybridized carbons (Fsp3) is 0.167. The molecule has 0 bridgehead atoms. The zero-order valence-electron chi connectivity index (χ0n) is 18.0. The number of halogens is 1. The van der Waals surface area contributed by atoms with Crippen LogP contribution in [0.4, 0.5) is 5.69 Å². The molecule has 172 valence electrons. The largest absolute Gasteiger partial charge is 0.343 e. The van der Waals surface area contributed by atoms with Crippen LogP contribution in [0.5, 0.6) is 0 Å². The van der Waals surface area contributed by atoms with Gasteiger partial charge in [0.05, 0.1) is 22.7 Å². The van der Waals surface area contributed by atoms with Crippen molar-refractivity contribution < 1.29 is 18.0 Å². The topological polar surface area (TPSA) is 95.6 Å². The summed E-state index contributed by atoms with van der Waals surface area (Å²) in [6.07, 6.45) is 0. The Hall–Kier alpha value is -3.36. The number of carbonyl (C=O) groups excluding carboxylic acids is 2. The number of hydrogen-bond donors (Lipinski definition) is 2. The average molecular weight is 486 g/mol. The van der Waals surface area contributed by atoms with Gasteiger partial charge in [-0.15, -0.1) is 0 Å². The minimum Gasteiger partial charge on any atom is -0.343 e. The molecule has 9 heteroatoms. The minimum absolute atomic E-state index is 0.0109. The third kappa shape index (κ3) is 6.57. The van der Waals surface area contributed by atoms with E-state index in [1.807, 2.05) is 37.3 Å². The van der Waals surface area contributed by atoms with Gasteiger partial charge in [-0.25, -0.2) is 8.42 Å². The van der Waals surface area contributed by atoms with Crippen molar-refractivity contribution in [3.05, 3.63) is 95.0 Å². The monoisotopic (exact) mass is 485 g/mol. The Morgan fingerprint density at radius 3 is 2.21 bits per heavy atom. The van der Waals surface area contributed by atoms with Gasteiger partial charge in [0.1, 0.15) is 0 Å². The third-order valence-electron chi connectivity index (χ3n) is 4.89. The van der Waals surface area contributed by atoms with E-state index in [4.69, 9.17) is 11.6 Å². The number of carbonyl (C=O) groups is 2. The van der Waals surface area contributed by atoms with Gasteiger partial charge >= 0.3 is 0 Å². The van der Waals surface area contributed by atoms with Crippen molar-refractivity contribution in [1.82, 2.24) is 10.2 Å². The van der Waals surface area contributed by atoms with Crippen LogP contribution in [0.2, 0.25) is 5.02 Å². The average Bonchev–Trinajstić information content (AvgIpc) is 2.82. The predicted octanol–water partition coefficient (Wildman–Crippen LogP) is 3.92. The Kier molecular flexibility index (Phi) is 8.08. The van der Waals surface area contributed by atoms with E-state index < -0.39 is 15.9 Å². The van der Waals surface area contributed by atoms with Gasteiger partial charge in [-0.3, -0.25) is 14.3 Å². The number of nitrogens with zero attached hydrogens (tertiary/aromatic N) is 1. The summed E-state index contributed by atoms with van der Waals surface area (Å²) in [5, 5.41) is 3.00. The molecule has 0 aromatic heterocycles. The zero-order chi connectivity index (χ0) is 23.8. The fourth-order valence-electron chi connectivity index (χ4n) is 3.13. The first-order chi connectivity index (χ1) is 15.8. The van der Waals surface area contributed by atoms with Gasteiger partial charge in [0, 0.05) is 18.1 Å². The van der Waals surface area contributed by atoms with E-state index in [2.05, 4.69) is 10.0 Å². The van der Waals surface area contributed by atoms with Crippen molar-refractivity contribution in [1.29, 1.82) is 0 Å². The van der Waals surface area contributed by atoms with Crippen molar-refractivity contribution >= 4 is 39.1 Å². The fourth-order valence-corrected chi connectivity index (χ4v) is 4.34. The van der Waals surface area contributed by atoms with Crippen LogP contribution in [0.1, 0.15) is 22.8 Å². The maximum absolute atomic E-state index is 12.8. The molecule has 0 heterocycles. The molecule has 0 spiro atoms. The lowest BCUT2D eigenvalue weighted by molar-refractivity contribution is -0.130. The van der Waals surface area contributed by atoms with Crippen molar-refractivity contribution in [2.24, 2.45) is 0 Å². The van der Waals surface area contributed by atoms with E-state index in [1.54, 1.807) is 17.0 Å². The summed E-state index contributed by atoms with van der Waals surface area (Å²) in [5.41, 5.74) is 1.20. The number of amides is 2. The van der Waals surface area contributed by atoms with E-state index in [-0.39, 0.29) is 28.6 Å². The number of rotatable bonds is 9. The lowest BCUT2D eigenvalue weighted by atomic mass is 10.1. The van der Waals surface area contributed by atoms with Gasteiger partial charge < -0.3 is 10.2 Å². The number of likely N-dealkylation sites (N-methyl/N-ethyl adjacent to an activating group) is 1. The van der Waals surface area contributed by atoms with E-state index in [1.165, 1.54) is 36.4 Å². The third-order valence-corrected chi connectivity index (χ3v) is 6.52. The Balaban J connectivity index is 1.68. The Bertz CT molecular complexity index is 1220. The van der Waals surface area contributed by atoms with Crippen LogP contribution in [0, 0.1) is 0 Å². The van der Waals surface area contributed by atoms with Crippen LogP contribution >= 0.6 is 11.6 Å². The predicted molar refractivity (Wildman–Crippen MR) is 129 cm³/mol. The number of nitrogens with one attached hydrogen (secondary N) is 2. The maximum atomic E-state index is 12.8. The van der Waals surface area contributed by atoms with E-state index in [9.17, 15) is 18.0 Å². The number of hydrogen-bond acceptors (Lipinski definition) is 4. The number of anilines is 1. The second-order valence-corrected chi connectivity index (χ2v) is 9.30. The maximum Gasteiger partial charge on any atom is 0.261 e. The molecule has 0 aliphatic carbocycles. The highest BCUT2D eigenvalue weighted by atomic mass is 35.5. The Labute approximate surface area is 198 Å². The van der Waals surface area contributed by atoms with E-state index in [0.29, 0.717) is 18.1 Å². The highest BCUT2D eigenvalue weighted by molar-refractivity contribution is 7.92. The molecule has 0 saturated heterocycles. The van der Waals surface area contributed by atoms with Crippen LogP contribution in [-0.4, -0.2) is 38.2 Å². The molecule has 0 atom stereocenters. The smallest absolute Gasteiger partial charge is 0.261 e. The Morgan fingerprint density at radius 2 is 1.55 bits per heavy atom. The SMILES string of the molecule is CCN(Cc1ccccc1)C(=O)CNC(=O)c1ccccc1NS(=O)(=O)c1ccc(Cl)cc1. The summed E-state index contributed by atoms with van der Waals surface area (Å²) >= 11 is 5.83. The lowest BCUT2D eigenvalue weighted by Gasteiger charge is -2.21. The summed E-state index contributed by atoms with van der Waals surface area (Å²) in [6.45, 7) is 2.58. The van der Waals surface area contributed by atoms with Crippen LogP contribution in [0.25, 0.3) is 0 Å². The molecule has 0 radical (unpaired) electrons. The van der Waals surface area contributed by atoms with Crippen LogP contribution in [0.3, 0.4) is 0 Å². The van der Waals surface area contributed by atoms with Gasteiger partial charge in [0.25, 0.3) is 15.9 Å². The first-order valence-electron chi connectivity index (χ1n) is 10.3. The molecule has 3 aromatic carbocycles. The van der Waals surface area contributed by atoms with E-state index in [0.717, 1.165) is 5.56 Å². The highest BCUT2D eigenvalue weighted by Gasteiger charge is 2.20. The molecular weight excluding hydrogens is 462 g/mol. The van der Waals surface area contributed by atoms with Crippen molar-refractivity contribution in [3.63, 3.8) is 0 Å². The lowest BCUT2D eigenvalue weighted by Crippen LogP contribution is -2.40. The molecule has 3 aromatic rings. The molecule has 0 aliphatic rings. The summed E-state index contributed by atoms with van der Waals surface area (Å²) in [4.78, 5) is 27.0. The Morgan fingerprint density at radius 1 is 0.909 bits per heavy atom. The van der Waals surface area contributed by atoms with Gasteiger partial charge in [0.15, 0.2) is 0 Å². The first-order valence-corrected chi connectivity index (χ1v) is 12.1. The molecule has 2 amide bonds. The first kappa shape index (κ1) is 24.3. The quantitative estimate of drug-likeness (QED) is 0.480. The second kappa shape index (κ2) is 11.0. The van der Waals surface area contributed by atoms with Crippen molar-refractivity contribution in [3.8, 4) is 0 Å². The molecule has 0 fully saturated rings. The molecule has 33 heavy (non-hydrogen) atoms. The van der Waals surface area contributed by atoms with Crippen LogP contribution in [-0.2, 0) is 21.4 Å². The highest BCUT2D eigenvalue weighted by Crippen LogP contribution is 2.21. The zero-order valence-corrected chi connectivity index (χ0v) is 19.6. The molecule has 0 aliphatic heterocycles. The molecule has 7 nitrogen and oxygen atoms in total. The minimum atomic E-state index is -3.93. The number of para-hydroxylation sites is 1. The van der Waals surface area contributed by atoms with Gasteiger partial charge in [-0.2, -0.15) is 0 Å². The molecule has 2 N–H and O–H groups in total. The number of sulfonamides is 1. The molecule has 0 unspecified atom stereocenters. The molecule has 3 rings (SSSR count). The summed E-state index contributed by atoms with van der Waals surface area (Å²) < 4.78 is 27.8. The summed E-state index contributed by atoms with van der Waals surface area (Å²) in [6, 6.07) is 21.4. The van der Waals surface area contributed by atoms with Gasteiger partial charge in [-0.1, -0.05) is 54.1 Å². The summed E-state index contributed by atoms with van der Waals surface area (Å²) in [7, 11) is -3.93. The van der Waals surface area contributed by atoms with Crippen molar-refractivity contribution in [2.45, 2.75) is 18.4 Å². The normalized spacial score (nSPS) is 11.0. The van der Waals surface area contributed by atoms with E-state index >= 15 is 0 Å². The number of benzene rings is 3. The van der Waals surface area contributed by atoms with Gasteiger partial charge in [-0.05, 0) is 48.9 Å². The second-order valence-electron chi connectivity index (χ2n) is 7.18. The van der Waals surface area contributed by atoms with Crippen LogP contribution in [0.15, 0.2) is 83.8 Å². The van der Waals surface area contributed by atoms with Crippen LogP contribution < -0.4 is 10.0 Å². The molecular formula is C24H24ClN3O4S. The van der Waals surface area contributed by atoms with Gasteiger partial charge in [0.2, 0.25) is 5.91 Å². The van der Waals surface area contributed by atoms with Crippen molar-refractivity contribution in [2.75, 3.05) is 17.8 Å². The molecule has 0 saturated carbocycles.